The predicted octanol–water partition coefficient (Wildman–Crippen LogP) is 2.06. The molecule has 2 rings (SSSR count). The number of piperidine rings is 1. The van der Waals surface area contributed by atoms with E-state index < -0.39 is 0 Å². The van der Waals surface area contributed by atoms with Gasteiger partial charge in [0.2, 0.25) is 0 Å². The molecule has 0 unspecified atom stereocenters. The first kappa shape index (κ1) is 14.6. The fourth-order valence-corrected chi connectivity index (χ4v) is 2.40. The van der Waals surface area contributed by atoms with Crippen molar-refractivity contribution in [3.05, 3.63) is 42.5 Å². The quantitative estimate of drug-likeness (QED) is 0.836. The highest BCUT2D eigenvalue weighted by atomic mass is 16.5. The van der Waals surface area contributed by atoms with Crippen LogP contribution < -0.4 is 10.5 Å². The van der Waals surface area contributed by atoms with Gasteiger partial charge in [0.15, 0.2) is 0 Å². The first-order chi connectivity index (χ1) is 9.74. The van der Waals surface area contributed by atoms with Crippen LogP contribution in [0, 0.1) is 5.92 Å². The van der Waals surface area contributed by atoms with Crippen molar-refractivity contribution in [3.8, 4) is 5.75 Å². The monoisotopic (exact) mass is 274 g/mol. The maximum Gasteiger partial charge on any atom is 0.253 e. The van der Waals surface area contributed by atoms with Crippen LogP contribution >= 0.6 is 0 Å². The fourth-order valence-electron chi connectivity index (χ4n) is 2.40. The fraction of sp³-hybridized carbons (Fsp3) is 0.438. The number of likely N-dealkylation sites (tertiary alicyclic amines) is 1. The Morgan fingerprint density at radius 3 is 2.55 bits per heavy atom. The van der Waals surface area contributed by atoms with Crippen LogP contribution in [0.5, 0.6) is 5.75 Å². The number of hydrogen-bond donors (Lipinski definition) is 1. The summed E-state index contributed by atoms with van der Waals surface area (Å²) in [6.45, 7) is 6.39. The van der Waals surface area contributed by atoms with E-state index in [9.17, 15) is 4.79 Å². The van der Waals surface area contributed by atoms with Gasteiger partial charge in [0, 0.05) is 18.7 Å². The zero-order valence-electron chi connectivity index (χ0n) is 11.8. The van der Waals surface area contributed by atoms with Crippen molar-refractivity contribution in [1.82, 2.24) is 4.90 Å². The van der Waals surface area contributed by atoms with Gasteiger partial charge in [0.25, 0.3) is 5.91 Å². The summed E-state index contributed by atoms with van der Waals surface area (Å²) in [5.74, 6) is 1.41. The molecule has 20 heavy (non-hydrogen) atoms. The zero-order chi connectivity index (χ0) is 14.4. The minimum Gasteiger partial charge on any atom is -0.490 e. The number of rotatable bonds is 5. The van der Waals surface area contributed by atoms with Crippen LogP contribution in [0.15, 0.2) is 36.9 Å². The average molecular weight is 274 g/mol. The molecule has 1 aromatic carbocycles. The standard InChI is InChI=1S/C16H22N2O2/c1-2-11-20-15-5-3-14(4-6-15)16(19)18-9-7-13(12-17)8-10-18/h2-6,13H,1,7-12,17H2. The highest BCUT2D eigenvalue weighted by molar-refractivity contribution is 5.94. The zero-order valence-corrected chi connectivity index (χ0v) is 11.8. The molecular weight excluding hydrogens is 252 g/mol. The Balaban J connectivity index is 1.94. The van der Waals surface area contributed by atoms with Crippen molar-refractivity contribution in [2.24, 2.45) is 11.7 Å². The number of nitrogens with zero attached hydrogens (tertiary/aromatic N) is 1. The lowest BCUT2D eigenvalue weighted by Gasteiger charge is -2.31. The molecule has 1 fully saturated rings. The first-order valence-corrected chi connectivity index (χ1v) is 7.07. The Kier molecular flexibility index (Phi) is 5.18. The van der Waals surface area contributed by atoms with E-state index in [2.05, 4.69) is 6.58 Å². The van der Waals surface area contributed by atoms with Crippen molar-refractivity contribution in [3.63, 3.8) is 0 Å². The Morgan fingerprint density at radius 1 is 1.35 bits per heavy atom. The molecule has 0 saturated carbocycles. The Labute approximate surface area is 120 Å². The molecule has 0 atom stereocenters. The number of nitrogens with two attached hydrogens (primary N) is 1. The smallest absolute Gasteiger partial charge is 0.253 e. The summed E-state index contributed by atoms with van der Waals surface area (Å²) in [5.41, 5.74) is 6.38. The molecule has 0 aromatic heterocycles. The molecule has 1 aromatic rings. The summed E-state index contributed by atoms with van der Waals surface area (Å²) in [6, 6.07) is 7.28. The summed E-state index contributed by atoms with van der Waals surface area (Å²) in [4.78, 5) is 14.3. The van der Waals surface area contributed by atoms with E-state index in [4.69, 9.17) is 10.5 Å². The summed E-state index contributed by atoms with van der Waals surface area (Å²) in [6.07, 6.45) is 3.70. The number of carbonyl (C=O) groups is 1. The molecule has 0 bridgehead atoms. The molecule has 4 heteroatoms. The van der Waals surface area contributed by atoms with E-state index >= 15 is 0 Å². The highest BCUT2D eigenvalue weighted by Crippen LogP contribution is 2.19. The number of amides is 1. The molecule has 2 N–H and O–H groups in total. The molecule has 1 heterocycles. The van der Waals surface area contributed by atoms with Gasteiger partial charge in [-0.3, -0.25) is 4.79 Å². The summed E-state index contributed by atoms with van der Waals surface area (Å²) in [5, 5.41) is 0. The molecule has 0 spiro atoms. The van der Waals surface area contributed by atoms with E-state index in [1.54, 1.807) is 6.08 Å². The molecule has 0 radical (unpaired) electrons. The van der Waals surface area contributed by atoms with Crippen LogP contribution in [-0.2, 0) is 0 Å². The van der Waals surface area contributed by atoms with Crippen molar-refractivity contribution in [1.29, 1.82) is 0 Å². The molecule has 1 aliphatic rings. The molecule has 0 aliphatic carbocycles. The molecule has 108 valence electrons. The van der Waals surface area contributed by atoms with Crippen LogP contribution in [0.1, 0.15) is 23.2 Å². The third kappa shape index (κ3) is 3.61. The lowest BCUT2D eigenvalue weighted by atomic mass is 9.96. The van der Waals surface area contributed by atoms with E-state index in [1.807, 2.05) is 29.2 Å². The van der Waals surface area contributed by atoms with Crippen molar-refractivity contribution < 1.29 is 9.53 Å². The third-order valence-corrected chi connectivity index (χ3v) is 3.70. The number of hydrogen-bond acceptors (Lipinski definition) is 3. The second-order valence-corrected chi connectivity index (χ2v) is 5.10. The predicted molar refractivity (Wildman–Crippen MR) is 79.8 cm³/mol. The maximum absolute atomic E-state index is 12.4. The largest absolute Gasteiger partial charge is 0.490 e. The SMILES string of the molecule is C=CCOc1ccc(C(=O)N2CCC(CN)CC2)cc1. The van der Waals surface area contributed by atoms with Gasteiger partial charge in [0.05, 0.1) is 0 Å². The van der Waals surface area contributed by atoms with Gasteiger partial charge < -0.3 is 15.4 Å². The minimum absolute atomic E-state index is 0.0933. The lowest BCUT2D eigenvalue weighted by Crippen LogP contribution is -2.40. The highest BCUT2D eigenvalue weighted by Gasteiger charge is 2.22. The van der Waals surface area contributed by atoms with E-state index in [-0.39, 0.29) is 5.91 Å². The van der Waals surface area contributed by atoms with Gasteiger partial charge in [-0.1, -0.05) is 12.7 Å². The van der Waals surface area contributed by atoms with Gasteiger partial charge in [-0.2, -0.15) is 0 Å². The van der Waals surface area contributed by atoms with Crippen molar-refractivity contribution >= 4 is 5.91 Å². The number of benzene rings is 1. The lowest BCUT2D eigenvalue weighted by molar-refractivity contribution is 0.0693. The van der Waals surface area contributed by atoms with Crippen LogP contribution in [0.3, 0.4) is 0 Å². The third-order valence-electron chi connectivity index (χ3n) is 3.70. The first-order valence-electron chi connectivity index (χ1n) is 7.07. The Morgan fingerprint density at radius 2 is 2.00 bits per heavy atom. The van der Waals surface area contributed by atoms with Crippen molar-refractivity contribution in [2.45, 2.75) is 12.8 Å². The van der Waals surface area contributed by atoms with E-state index in [0.29, 0.717) is 18.1 Å². The second kappa shape index (κ2) is 7.10. The summed E-state index contributed by atoms with van der Waals surface area (Å²) in [7, 11) is 0. The average Bonchev–Trinajstić information content (AvgIpc) is 2.53. The van der Waals surface area contributed by atoms with E-state index in [1.165, 1.54) is 0 Å². The van der Waals surface area contributed by atoms with Gasteiger partial charge in [-0.15, -0.1) is 0 Å². The molecular formula is C16H22N2O2. The van der Waals surface area contributed by atoms with Gasteiger partial charge >= 0.3 is 0 Å². The Hall–Kier alpha value is -1.81. The van der Waals surface area contributed by atoms with Gasteiger partial charge in [0.1, 0.15) is 12.4 Å². The maximum atomic E-state index is 12.4. The second-order valence-electron chi connectivity index (χ2n) is 5.10. The number of carbonyl (C=O) groups excluding carboxylic acids is 1. The van der Waals surface area contributed by atoms with Crippen LogP contribution in [0.2, 0.25) is 0 Å². The topological polar surface area (TPSA) is 55.6 Å². The van der Waals surface area contributed by atoms with Crippen LogP contribution in [-0.4, -0.2) is 37.0 Å². The van der Waals surface area contributed by atoms with Gasteiger partial charge in [-0.05, 0) is 49.6 Å². The molecule has 1 amide bonds. The van der Waals surface area contributed by atoms with Crippen molar-refractivity contribution in [2.75, 3.05) is 26.2 Å². The molecule has 1 saturated heterocycles. The normalized spacial score (nSPS) is 15.9. The Bertz CT molecular complexity index is 448. The molecule has 4 nitrogen and oxygen atoms in total. The van der Waals surface area contributed by atoms with E-state index in [0.717, 1.165) is 38.2 Å². The molecule has 1 aliphatic heterocycles. The minimum atomic E-state index is 0.0933. The van der Waals surface area contributed by atoms with Crippen LogP contribution in [0.4, 0.5) is 0 Å². The number of ether oxygens (including phenoxy) is 1. The van der Waals surface area contributed by atoms with Gasteiger partial charge in [-0.25, -0.2) is 0 Å². The van der Waals surface area contributed by atoms with Crippen LogP contribution in [0.25, 0.3) is 0 Å². The summed E-state index contributed by atoms with van der Waals surface area (Å²) < 4.78 is 5.41. The summed E-state index contributed by atoms with van der Waals surface area (Å²) >= 11 is 0.